The quantitative estimate of drug-likeness (QED) is 0.905. The van der Waals surface area contributed by atoms with Crippen LogP contribution in [0.25, 0.3) is 10.6 Å². The summed E-state index contributed by atoms with van der Waals surface area (Å²) in [5.41, 5.74) is 1.85. The molecule has 3 rings (SSSR count). The largest absolute Gasteiger partial charge is 0.381 e. The molecule has 0 spiro atoms. The molecule has 6 heteroatoms. The van der Waals surface area contributed by atoms with Gasteiger partial charge in [-0.1, -0.05) is 0 Å². The van der Waals surface area contributed by atoms with Crippen molar-refractivity contribution in [2.75, 3.05) is 18.5 Å². The topological polar surface area (TPSA) is 67.0 Å². The summed E-state index contributed by atoms with van der Waals surface area (Å²) in [7, 11) is 0. The van der Waals surface area contributed by atoms with Crippen molar-refractivity contribution < 1.29 is 9.53 Å². The van der Waals surface area contributed by atoms with Gasteiger partial charge in [0.25, 0.3) is 0 Å². The number of aromatic amines is 1. The number of thiophene rings is 1. The summed E-state index contributed by atoms with van der Waals surface area (Å²) in [6.07, 6.45) is 2.53. The summed E-state index contributed by atoms with van der Waals surface area (Å²) in [4.78, 5) is 14.2. The lowest BCUT2D eigenvalue weighted by Gasteiger charge is -2.08. The SMILES string of the molecule is Cc1sc(-c2ccn[nH]2)cc1NC(=O)[C@@H]1CCOC1. The smallest absolute Gasteiger partial charge is 0.229 e. The fourth-order valence-corrected chi connectivity index (χ4v) is 3.06. The van der Waals surface area contributed by atoms with Crippen LogP contribution in [0.2, 0.25) is 0 Å². The molecule has 3 heterocycles. The second-order valence-electron chi connectivity index (χ2n) is 4.60. The van der Waals surface area contributed by atoms with Crippen LogP contribution in [-0.4, -0.2) is 29.3 Å². The Labute approximate surface area is 115 Å². The van der Waals surface area contributed by atoms with Gasteiger partial charge in [-0.25, -0.2) is 0 Å². The Morgan fingerprint density at radius 2 is 2.53 bits per heavy atom. The molecular weight excluding hydrogens is 262 g/mol. The fraction of sp³-hybridized carbons (Fsp3) is 0.385. The van der Waals surface area contributed by atoms with Gasteiger partial charge < -0.3 is 10.1 Å². The molecular formula is C13H15N3O2S. The standard InChI is InChI=1S/C13H15N3O2S/c1-8-11(15-13(17)9-3-5-18-7-9)6-12(19-8)10-2-4-14-16-10/h2,4,6,9H,3,5,7H2,1H3,(H,14,16)(H,15,17)/t9-/m1/s1. The van der Waals surface area contributed by atoms with Crippen molar-refractivity contribution in [1.82, 2.24) is 10.2 Å². The number of aryl methyl sites for hydroxylation is 1. The molecule has 2 N–H and O–H groups in total. The maximum absolute atomic E-state index is 12.1. The number of nitrogens with zero attached hydrogens (tertiary/aromatic N) is 1. The number of ether oxygens (including phenoxy) is 1. The van der Waals surface area contributed by atoms with Crippen molar-refractivity contribution in [3.63, 3.8) is 0 Å². The van der Waals surface area contributed by atoms with E-state index in [9.17, 15) is 4.79 Å². The van der Waals surface area contributed by atoms with E-state index in [1.165, 1.54) is 0 Å². The molecule has 1 amide bonds. The van der Waals surface area contributed by atoms with Crippen LogP contribution in [0, 0.1) is 12.8 Å². The van der Waals surface area contributed by atoms with Gasteiger partial charge in [-0.15, -0.1) is 11.3 Å². The molecule has 100 valence electrons. The molecule has 0 bridgehead atoms. The number of hydrogen-bond acceptors (Lipinski definition) is 4. The number of carbonyl (C=O) groups is 1. The van der Waals surface area contributed by atoms with Gasteiger partial charge >= 0.3 is 0 Å². The van der Waals surface area contributed by atoms with Crippen LogP contribution in [0.4, 0.5) is 5.69 Å². The number of aromatic nitrogens is 2. The lowest BCUT2D eigenvalue weighted by atomic mass is 10.1. The lowest BCUT2D eigenvalue weighted by Crippen LogP contribution is -2.22. The summed E-state index contributed by atoms with van der Waals surface area (Å²) in [6.45, 7) is 3.22. The molecule has 1 aliphatic rings. The van der Waals surface area contributed by atoms with Crippen LogP contribution < -0.4 is 5.32 Å². The van der Waals surface area contributed by atoms with Gasteiger partial charge in [-0.3, -0.25) is 9.89 Å². The van der Waals surface area contributed by atoms with Gasteiger partial charge in [0.1, 0.15) is 0 Å². The Morgan fingerprint density at radius 1 is 1.63 bits per heavy atom. The van der Waals surface area contributed by atoms with Crippen molar-refractivity contribution in [2.45, 2.75) is 13.3 Å². The molecule has 2 aromatic rings. The maximum atomic E-state index is 12.1. The van der Waals surface area contributed by atoms with Crippen LogP contribution in [0.1, 0.15) is 11.3 Å². The Morgan fingerprint density at radius 3 is 3.21 bits per heavy atom. The van der Waals surface area contributed by atoms with Gasteiger partial charge in [-0.2, -0.15) is 5.10 Å². The lowest BCUT2D eigenvalue weighted by molar-refractivity contribution is -0.119. The minimum Gasteiger partial charge on any atom is -0.381 e. The van der Waals surface area contributed by atoms with Gasteiger partial charge in [0.15, 0.2) is 0 Å². The minimum absolute atomic E-state index is 0.0186. The average molecular weight is 277 g/mol. The Balaban J connectivity index is 1.76. The van der Waals surface area contributed by atoms with Crippen LogP contribution in [0.15, 0.2) is 18.3 Å². The van der Waals surface area contributed by atoms with Crippen LogP contribution >= 0.6 is 11.3 Å². The number of anilines is 1. The predicted molar refractivity (Wildman–Crippen MR) is 74.2 cm³/mol. The number of carbonyl (C=O) groups excluding carboxylic acids is 1. The zero-order valence-electron chi connectivity index (χ0n) is 10.6. The second-order valence-corrected chi connectivity index (χ2v) is 5.86. The highest BCUT2D eigenvalue weighted by Crippen LogP contribution is 2.33. The second kappa shape index (κ2) is 5.14. The number of H-pyrrole nitrogens is 1. The maximum Gasteiger partial charge on any atom is 0.229 e. The van der Waals surface area contributed by atoms with E-state index >= 15 is 0 Å². The molecule has 1 atom stereocenters. The Kier molecular flexibility index (Phi) is 3.35. The first-order valence-corrected chi connectivity index (χ1v) is 7.04. The molecule has 2 aromatic heterocycles. The van der Waals surface area contributed by atoms with Crippen molar-refractivity contribution in [3.05, 3.63) is 23.2 Å². The van der Waals surface area contributed by atoms with E-state index in [0.717, 1.165) is 27.6 Å². The van der Waals surface area contributed by atoms with Crippen molar-refractivity contribution in [2.24, 2.45) is 5.92 Å². The molecule has 0 radical (unpaired) electrons. The molecule has 0 aromatic carbocycles. The van der Waals surface area contributed by atoms with Crippen molar-refractivity contribution >= 4 is 22.9 Å². The first-order chi connectivity index (χ1) is 9.24. The number of rotatable bonds is 3. The normalized spacial score (nSPS) is 18.7. The third kappa shape index (κ3) is 2.54. The van der Waals surface area contributed by atoms with E-state index in [1.807, 2.05) is 19.1 Å². The molecule has 19 heavy (non-hydrogen) atoms. The third-order valence-corrected chi connectivity index (χ3v) is 4.33. The van der Waals surface area contributed by atoms with E-state index < -0.39 is 0 Å². The summed E-state index contributed by atoms with van der Waals surface area (Å²) < 4.78 is 5.24. The van der Waals surface area contributed by atoms with Crippen LogP contribution in [0.5, 0.6) is 0 Å². The highest BCUT2D eigenvalue weighted by Gasteiger charge is 2.24. The van der Waals surface area contributed by atoms with Crippen LogP contribution in [-0.2, 0) is 9.53 Å². The van der Waals surface area contributed by atoms with Crippen molar-refractivity contribution in [3.8, 4) is 10.6 Å². The molecule has 5 nitrogen and oxygen atoms in total. The average Bonchev–Trinajstić information content (AvgIpc) is 3.09. The van der Waals surface area contributed by atoms with Crippen molar-refractivity contribution in [1.29, 1.82) is 0 Å². The monoisotopic (exact) mass is 277 g/mol. The first kappa shape index (κ1) is 12.4. The highest BCUT2D eigenvalue weighted by atomic mass is 32.1. The van der Waals surface area contributed by atoms with E-state index in [0.29, 0.717) is 13.2 Å². The zero-order chi connectivity index (χ0) is 13.2. The number of amides is 1. The van der Waals surface area contributed by atoms with Gasteiger partial charge in [0.2, 0.25) is 5.91 Å². The third-order valence-electron chi connectivity index (χ3n) is 3.24. The molecule has 0 aliphatic carbocycles. The Hall–Kier alpha value is -1.66. The number of hydrogen-bond donors (Lipinski definition) is 2. The molecule has 1 fully saturated rings. The van der Waals surface area contributed by atoms with Gasteiger partial charge in [0, 0.05) is 17.7 Å². The predicted octanol–water partition coefficient (Wildman–Crippen LogP) is 2.42. The summed E-state index contributed by atoms with van der Waals surface area (Å²) in [5.74, 6) is 0.0319. The zero-order valence-corrected chi connectivity index (χ0v) is 11.4. The molecule has 1 saturated heterocycles. The summed E-state index contributed by atoms with van der Waals surface area (Å²) in [5, 5.41) is 9.86. The molecule has 0 unspecified atom stereocenters. The van der Waals surface area contributed by atoms with Crippen LogP contribution in [0.3, 0.4) is 0 Å². The first-order valence-electron chi connectivity index (χ1n) is 6.23. The van der Waals surface area contributed by atoms with E-state index in [-0.39, 0.29) is 11.8 Å². The van der Waals surface area contributed by atoms with E-state index in [4.69, 9.17) is 4.74 Å². The molecule has 1 aliphatic heterocycles. The molecule has 0 saturated carbocycles. The van der Waals surface area contributed by atoms with Gasteiger partial charge in [0.05, 0.1) is 28.8 Å². The van der Waals surface area contributed by atoms with E-state index in [2.05, 4.69) is 15.5 Å². The Bertz CT molecular complexity index is 571. The summed E-state index contributed by atoms with van der Waals surface area (Å²) >= 11 is 1.64. The number of nitrogens with one attached hydrogen (secondary N) is 2. The summed E-state index contributed by atoms with van der Waals surface area (Å²) in [6, 6.07) is 3.91. The fourth-order valence-electron chi connectivity index (χ4n) is 2.11. The van der Waals surface area contributed by atoms with E-state index in [1.54, 1.807) is 17.5 Å². The minimum atomic E-state index is -0.0186. The highest BCUT2D eigenvalue weighted by molar-refractivity contribution is 7.16. The van der Waals surface area contributed by atoms with Gasteiger partial charge in [-0.05, 0) is 25.5 Å².